The van der Waals surface area contributed by atoms with Gasteiger partial charge < -0.3 is 15.3 Å². The summed E-state index contributed by atoms with van der Waals surface area (Å²) in [6.07, 6.45) is 1.15. The van der Waals surface area contributed by atoms with Crippen molar-refractivity contribution >= 4 is 22.0 Å². The van der Waals surface area contributed by atoms with E-state index in [1.54, 1.807) is 0 Å². The van der Waals surface area contributed by atoms with Crippen LogP contribution in [0.1, 0.15) is 19.3 Å². The van der Waals surface area contributed by atoms with Gasteiger partial charge in [0.2, 0.25) is 10.0 Å². The van der Waals surface area contributed by atoms with E-state index in [2.05, 4.69) is 5.32 Å². The minimum Gasteiger partial charge on any atom is -0.481 e. The van der Waals surface area contributed by atoms with E-state index < -0.39 is 16.0 Å². The number of hydrogen-bond donors (Lipinski definition) is 3. The lowest BCUT2D eigenvalue weighted by Crippen LogP contribution is -2.45. The zero-order valence-corrected chi connectivity index (χ0v) is 11.4. The zero-order chi connectivity index (χ0) is 14.5. The number of nitrogens with two attached hydrogens (primary N) is 1. The van der Waals surface area contributed by atoms with Crippen LogP contribution in [0, 0.1) is 5.92 Å². The molecule has 0 saturated carbocycles. The standard InChI is InChI=1S/C10H19N3O5S/c11-19(17,18)7-1-4-12-10(16)13-5-2-8(3-6-13)9(14)15/h8H,1-7H2,(H,12,16)(H,14,15)(H2,11,17,18). The third-order valence-corrected chi connectivity index (χ3v) is 3.87. The highest BCUT2D eigenvalue weighted by Crippen LogP contribution is 2.17. The SMILES string of the molecule is NS(=O)(=O)CCCNC(=O)N1CCC(C(=O)O)CC1. The second-order valence-electron chi connectivity index (χ2n) is 4.55. The number of primary sulfonamides is 1. The summed E-state index contributed by atoms with van der Waals surface area (Å²) in [5.74, 6) is -1.38. The third-order valence-electron chi connectivity index (χ3n) is 3.01. The number of sulfonamides is 1. The number of carbonyl (C=O) groups excluding carboxylic acids is 1. The summed E-state index contributed by atoms with van der Waals surface area (Å²) in [5, 5.41) is 16.2. The van der Waals surface area contributed by atoms with Crippen LogP contribution < -0.4 is 10.5 Å². The molecule has 0 aliphatic carbocycles. The molecule has 8 nitrogen and oxygen atoms in total. The molecule has 4 N–H and O–H groups in total. The highest BCUT2D eigenvalue weighted by atomic mass is 32.2. The van der Waals surface area contributed by atoms with Gasteiger partial charge in [-0.05, 0) is 19.3 Å². The first-order valence-corrected chi connectivity index (χ1v) is 7.77. The lowest BCUT2D eigenvalue weighted by molar-refractivity contribution is -0.143. The average molecular weight is 293 g/mol. The van der Waals surface area contributed by atoms with Crippen molar-refractivity contribution in [2.24, 2.45) is 11.1 Å². The van der Waals surface area contributed by atoms with Gasteiger partial charge in [-0.15, -0.1) is 0 Å². The number of nitrogens with one attached hydrogen (secondary N) is 1. The van der Waals surface area contributed by atoms with Gasteiger partial charge in [0.15, 0.2) is 0 Å². The van der Waals surface area contributed by atoms with Gasteiger partial charge in [-0.25, -0.2) is 18.4 Å². The number of carboxylic acids is 1. The van der Waals surface area contributed by atoms with Crippen LogP contribution >= 0.6 is 0 Å². The third kappa shape index (κ3) is 5.88. The van der Waals surface area contributed by atoms with Gasteiger partial charge in [0.05, 0.1) is 11.7 Å². The van der Waals surface area contributed by atoms with Crippen molar-refractivity contribution in [3.8, 4) is 0 Å². The first kappa shape index (κ1) is 15.7. The highest BCUT2D eigenvalue weighted by Gasteiger charge is 2.26. The molecule has 1 aliphatic heterocycles. The molecule has 0 aromatic rings. The van der Waals surface area contributed by atoms with Crippen LogP contribution in [0.5, 0.6) is 0 Å². The molecular weight excluding hydrogens is 274 g/mol. The summed E-state index contributed by atoms with van der Waals surface area (Å²) < 4.78 is 21.4. The minimum atomic E-state index is -3.49. The zero-order valence-electron chi connectivity index (χ0n) is 10.5. The molecule has 0 atom stereocenters. The predicted molar refractivity (Wildman–Crippen MR) is 67.9 cm³/mol. The molecule has 0 spiro atoms. The molecule has 0 aromatic carbocycles. The Morgan fingerprint density at radius 3 is 2.37 bits per heavy atom. The van der Waals surface area contributed by atoms with E-state index in [-0.39, 0.29) is 30.7 Å². The molecule has 110 valence electrons. The average Bonchev–Trinajstić information content (AvgIpc) is 2.33. The number of carbonyl (C=O) groups is 2. The summed E-state index contributed by atoms with van der Waals surface area (Å²) in [6.45, 7) is 1.03. The second kappa shape index (κ2) is 6.71. The molecule has 0 bridgehead atoms. The molecule has 2 amide bonds. The highest BCUT2D eigenvalue weighted by molar-refractivity contribution is 7.89. The van der Waals surface area contributed by atoms with Crippen LogP contribution in [0.25, 0.3) is 0 Å². The number of aliphatic carboxylic acids is 1. The Balaban J connectivity index is 2.23. The van der Waals surface area contributed by atoms with E-state index in [4.69, 9.17) is 10.2 Å². The van der Waals surface area contributed by atoms with E-state index in [0.717, 1.165) is 0 Å². The van der Waals surface area contributed by atoms with Crippen LogP contribution in [0.3, 0.4) is 0 Å². The number of rotatable bonds is 5. The van der Waals surface area contributed by atoms with Crippen molar-refractivity contribution < 1.29 is 23.1 Å². The lowest BCUT2D eigenvalue weighted by Gasteiger charge is -2.30. The number of hydrogen-bond acceptors (Lipinski definition) is 4. The maximum atomic E-state index is 11.7. The lowest BCUT2D eigenvalue weighted by atomic mass is 9.97. The van der Waals surface area contributed by atoms with Crippen LogP contribution in [-0.4, -0.2) is 55.8 Å². The van der Waals surface area contributed by atoms with Crippen LogP contribution in [-0.2, 0) is 14.8 Å². The first-order valence-electron chi connectivity index (χ1n) is 6.05. The fraction of sp³-hybridized carbons (Fsp3) is 0.800. The first-order chi connectivity index (χ1) is 8.79. The number of urea groups is 1. The fourth-order valence-corrected chi connectivity index (χ4v) is 2.46. The Hall–Kier alpha value is -1.35. The van der Waals surface area contributed by atoms with Gasteiger partial charge in [-0.3, -0.25) is 4.79 Å². The van der Waals surface area contributed by atoms with Crippen molar-refractivity contribution in [2.75, 3.05) is 25.4 Å². The molecular formula is C10H19N3O5S. The number of likely N-dealkylation sites (tertiary alicyclic amines) is 1. The van der Waals surface area contributed by atoms with Crippen molar-refractivity contribution in [3.05, 3.63) is 0 Å². The van der Waals surface area contributed by atoms with E-state index in [1.807, 2.05) is 0 Å². The molecule has 0 aromatic heterocycles. The monoisotopic (exact) mass is 293 g/mol. The number of piperidine rings is 1. The number of carboxylic acid groups (broad SMARTS) is 1. The van der Waals surface area contributed by atoms with Crippen molar-refractivity contribution in [1.29, 1.82) is 0 Å². The van der Waals surface area contributed by atoms with E-state index in [9.17, 15) is 18.0 Å². The fourth-order valence-electron chi connectivity index (χ4n) is 1.91. The Bertz CT molecular complexity index is 428. The Morgan fingerprint density at radius 1 is 1.32 bits per heavy atom. The number of nitrogens with zero attached hydrogens (tertiary/aromatic N) is 1. The van der Waals surface area contributed by atoms with Gasteiger partial charge in [-0.2, -0.15) is 0 Å². The summed E-state index contributed by atoms with van der Waals surface area (Å²) in [7, 11) is -3.49. The minimum absolute atomic E-state index is 0.172. The van der Waals surface area contributed by atoms with Crippen LogP contribution in [0.2, 0.25) is 0 Å². The Labute approximate surface area is 112 Å². The molecule has 1 heterocycles. The molecule has 1 aliphatic rings. The van der Waals surface area contributed by atoms with Gasteiger partial charge in [0.1, 0.15) is 0 Å². The summed E-state index contributed by atoms with van der Waals surface area (Å²) >= 11 is 0. The molecule has 1 fully saturated rings. The smallest absolute Gasteiger partial charge is 0.317 e. The molecule has 0 radical (unpaired) electrons. The van der Waals surface area contributed by atoms with E-state index in [1.165, 1.54) is 4.90 Å². The van der Waals surface area contributed by atoms with Crippen molar-refractivity contribution in [1.82, 2.24) is 10.2 Å². The largest absolute Gasteiger partial charge is 0.481 e. The summed E-state index contributed by atoms with van der Waals surface area (Å²) in [6, 6.07) is -0.293. The summed E-state index contributed by atoms with van der Waals surface area (Å²) in [5.41, 5.74) is 0. The Kier molecular flexibility index (Phi) is 5.55. The molecule has 1 rings (SSSR count). The van der Waals surface area contributed by atoms with Crippen molar-refractivity contribution in [3.63, 3.8) is 0 Å². The van der Waals surface area contributed by atoms with Crippen LogP contribution in [0.15, 0.2) is 0 Å². The summed E-state index contributed by atoms with van der Waals surface area (Å²) in [4.78, 5) is 24.0. The maximum absolute atomic E-state index is 11.7. The van der Waals surface area contributed by atoms with E-state index in [0.29, 0.717) is 25.9 Å². The second-order valence-corrected chi connectivity index (χ2v) is 6.29. The molecule has 9 heteroatoms. The van der Waals surface area contributed by atoms with Gasteiger partial charge in [-0.1, -0.05) is 0 Å². The van der Waals surface area contributed by atoms with Gasteiger partial charge >= 0.3 is 12.0 Å². The van der Waals surface area contributed by atoms with Gasteiger partial charge in [0.25, 0.3) is 0 Å². The quantitative estimate of drug-likeness (QED) is 0.570. The van der Waals surface area contributed by atoms with Gasteiger partial charge in [0, 0.05) is 19.6 Å². The topological polar surface area (TPSA) is 130 Å². The molecule has 19 heavy (non-hydrogen) atoms. The van der Waals surface area contributed by atoms with Crippen LogP contribution in [0.4, 0.5) is 4.79 Å². The molecule has 1 saturated heterocycles. The van der Waals surface area contributed by atoms with E-state index >= 15 is 0 Å². The Morgan fingerprint density at radius 2 is 1.89 bits per heavy atom. The maximum Gasteiger partial charge on any atom is 0.317 e. The predicted octanol–water partition coefficient (Wildman–Crippen LogP) is -0.829. The number of amides is 2. The molecule has 0 unspecified atom stereocenters. The van der Waals surface area contributed by atoms with Crippen molar-refractivity contribution in [2.45, 2.75) is 19.3 Å². The normalized spacial score (nSPS) is 17.2.